The Labute approximate surface area is 380 Å². The molecular weight excluding hydrogens is 859 g/mol. The molecule has 0 bridgehead atoms. The molecule has 0 spiro atoms. The van der Waals surface area contributed by atoms with Gasteiger partial charge >= 0.3 is 359 Å². The minimum atomic E-state index is -4.94. The van der Waals surface area contributed by atoms with Gasteiger partial charge in [-0.2, -0.15) is 0 Å². The normalized spacial score (nSPS) is 17.4. The van der Waals surface area contributed by atoms with Crippen LogP contribution in [0.25, 0.3) is 44.2 Å². The van der Waals surface area contributed by atoms with Crippen molar-refractivity contribution in [2.45, 2.75) is 109 Å². The maximum absolute atomic E-state index is 5.96. The molecule has 9 rings (SSSR count). The fourth-order valence-electron chi connectivity index (χ4n) is 11.7. The van der Waals surface area contributed by atoms with Gasteiger partial charge in [0, 0.05) is 0 Å². The molecule has 0 aromatic heterocycles. The first-order chi connectivity index (χ1) is 28.0. The first-order valence-electron chi connectivity index (χ1n) is 22.5. The molecule has 61 heavy (non-hydrogen) atoms. The summed E-state index contributed by atoms with van der Waals surface area (Å²) in [6, 6.07) is 46.7. The van der Waals surface area contributed by atoms with E-state index in [0.717, 1.165) is 6.42 Å². The van der Waals surface area contributed by atoms with E-state index in [9.17, 15) is 0 Å². The van der Waals surface area contributed by atoms with Crippen LogP contribution in [0.15, 0.2) is 142 Å². The van der Waals surface area contributed by atoms with Crippen LogP contribution in [0, 0.1) is 11.3 Å². The Morgan fingerprint density at radius 2 is 1.20 bits per heavy atom. The van der Waals surface area contributed by atoms with Gasteiger partial charge in [-0.15, -0.1) is 24.8 Å². The average molecular weight is 925 g/mol. The van der Waals surface area contributed by atoms with Gasteiger partial charge < -0.3 is 0 Å². The Morgan fingerprint density at radius 3 is 1.82 bits per heavy atom. The third-order valence-electron chi connectivity index (χ3n) is 15.0. The van der Waals surface area contributed by atoms with E-state index >= 15 is 0 Å². The van der Waals surface area contributed by atoms with Crippen LogP contribution in [0.2, 0.25) is 4.63 Å². The summed E-state index contributed by atoms with van der Waals surface area (Å²) in [5, 5.41) is 2.60. The quantitative estimate of drug-likeness (QED) is 0.156. The van der Waals surface area contributed by atoms with Gasteiger partial charge in [0.25, 0.3) is 0 Å². The topological polar surface area (TPSA) is 0 Å². The van der Waals surface area contributed by atoms with Gasteiger partial charge in [0.05, 0.1) is 0 Å². The molecule has 0 saturated heterocycles. The summed E-state index contributed by atoms with van der Waals surface area (Å²) in [6.45, 7) is 19.5. The first kappa shape index (κ1) is 45.4. The van der Waals surface area contributed by atoms with Gasteiger partial charge in [-0.25, -0.2) is 0 Å². The monoisotopic (exact) mass is 922 g/mol. The molecule has 3 aliphatic rings. The van der Waals surface area contributed by atoms with E-state index in [1.807, 2.05) is 0 Å². The number of hydrogen-bond acceptors (Lipinski definition) is 0. The molecule has 1 atom stereocenters. The van der Waals surface area contributed by atoms with E-state index in [0.29, 0.717) is 5.92 Å². The van der Waals surface area contributed by atoms with Crippen LogP contribution in [0.4, 0.5) is 0 Å². The van der Waals surface area contributed by atoms with Crippen molar-refractivity contribution in [1.82, 2.24) is 0 Å². The maximum atomic E-state index is 5.96. The molecule has 0 nitrogen and oxygen atoms in total. The van der Waals surface area contributed by atoms with E-state index < -0.39 is 18.3 Å². The van der Waals surface area contributed by atoms with E-state index in [-0.39, 0.29) is 41.1 Å². The van der Waals surface area contributed by atoms with E-state index in [1.165, 1.54) is 102 Å². The van der Waals surface area contributed by atoms with Crippen LogP contribution in [0.1, 0.15) is 110 Å². The molecule has 6 aromatic rings. The third kappa shape index (κ3) is 7.58. The van der Waals surface area contributed by atoms with Crippen molar-refractivity contribution in [2.24, 2.45) is 11.3 Å². The minimum absolute atomic E-state index is 0. The van der Waals surface area contributed by atoms with E-state index in [2.05, 4.69) is 194 Å². The summed E-state index contributed by atoms with van der Waals surface area (Å²) in [5.74, 6) is 0.307. The molecule has 1 unspecified atom stereocenters. The first-order valence-corrected chi connectivity index (χ1v) is 30.3. The molecule has 0 heterocycles. The van der Waals surface area contributed by atoms with Gasteiger partial charge in [0.2, 0.25) is 0 Å². The second-order valence-corrected chi connectivity index (χ2v) is 35.3. The SMILES string of the molecule is Cl.Cl.[CH2]=[Zr]([CH3])([C]1=CC(C2(C)CCCCC2)=CC1C)([c]1ccc2ccccc2c1)[c]1c2c(cc(C(C)(C)C)c1-c1ccccc1)-c1cc(C(C)(C)C)c(-c3ccccc3)cc1C2. The molecule has 3 aliphatic carbocycles. The summed E-state index contributed by atoms with van der Waals surface area (Å²) in [5.41, 5.74) is 15.7. The zero-order valence-electron chi connectivity index (χ0n) is 38.0. The van der Waals surface area contributed by atoms with Crippen LogP contribution in [0.5, 0.6) is 0 Å². The standard InChI is InChI=1S/C33H33.C13H19.C10H7.CH3.CH2.2ClH.Zr/c1-32(2,3)30-20-26-24(18-28(30)22-13-9-7-10-14-22)17-25-19-29(23-15-11-8-12-16-23)31(21-27(25)26)33(4,5)6;1-11-6-7-12(10-11)13(2)8-4-3-5-9-13;1-2-6-10-8-4-3-7-9(10)5-1;;;;;/h7-16,18,20-21H,17H2,1-6H3;7,10-11H,3-5,8-9H2,1-2H3;1-3,5-8H;1H3;1H2;2*1H;. The zero-order chi connectivity index (χ0) is 41.6. The summed E-state index contributed by atoms with van der Waals surface area (Å²) < 4.78 is 13.3. The Hall–Kier alpha value is -3.61. The second kappa shape index (κ2) is 16.2. The van der Waals surface area contributed by atoms with Gasteiger partial charge in [-0.3, -0.25) is 0 Å². The predicted octanol–water partition coefficient (Wildman–Crippen LogP) is 15.7. The molecule has 316 valence electrons. The van der Waals surface area contributed by atoms with Gasteiger partial charge in [-0.05, 0) is 0 Å². The van der Waals surface area contributed by atoms with E-state index in [4.69, 9.17) is 4.21 Å². The van der Waals surface area contributed by atoms with Crippen LogP contribution >= 0.6 is 24.8 Å². The van der Waals surface area contributed by atoms with Crippen molar-refractivity contribution in [3.8, 4) is 33.4 Å². The Balaban J connectivity index is 0.00000281. The summed E-state index contributed by atoms with van der Waals surface area (Å²) >= 11 is -4.94. The van der Waals surface area contributed by atoms with Crippen molar-refractivity contribution < 1.29 is 18.3 Å². The van der Waals surface area contributed by atoms with Crippen molar-refractivity contribution in [1.29, 1.82) is 0 Å². The van der Waals surface area contributed by atoms with Crippen LogP contribution in [-0.4, -0.2) is 4.21 Å². The molecule has 3 heteroatoms. The summed E-state index contributed by atoms with van der Waals surface area (Å²) in [6.07, 6.45) is 12.9. The van der Waals surface area contributed by atoms with Crippen LogP contribution in [0.3, 0.4) is 0 Å². The van der Waals surface area contributed by atoms with Crippen molar-refractivity contribution >= 4 is 46.3 Å². The van der Waals surface area contributed by atoms with Crippen molar-refractivity contribution in [3.05, 3.63) is 165 Å². The molecule has 0 amide bonds. The Morgan fingerprint density at radius 1 is 0.623 bits per heavy atom. The molecule has 0 N–H and O–H groups in total. The molecular formula is C58H66Cl2Zr. The van der Waals surface area contributed by atoms with E-state index in [1.54, 1.807) is 12.1 Å². The van der Waals surface area contributed by atoms with Gasteiger partial charge in [-0.1, -0.05) is 0 Å². The molecule has 0 radical (unpaired) electrons. The summed E-state index contributed by atoms with van der Waals surface area (Å²) in [7, 11) is 0. The number of fused-ring (bicyclic) bond motifs is 4. The number of hydrogen-bond donors (Lipinski definition) is 0. The fourth-order valence-corrected chi connectivity index (χ4v) is 26.1. The second-order valence-electron chi connectivity index (χ2n) is 21.4. The van der Waals surface area contributed by atoms with Gasteiger partial charge in [0.15, 0.2) is 0 Å². The molecule has 1 fully saturated rings. The van der Waals surface area contributed by atoms with Crippen LogP contribution in [-0.2, 0) is 35.5 Å². The van der Waals surface area contributed by atoms with Crippen molar-refractivity contribution in [3.63, 3.8) is 0 Å². The van der Waals surface area contributed by atoms with Crippen LogP contribution < -0.4 is 6.54 Å². The zero-order valence-corrected chi connectivity index (χ0v) is 42.1. The number of halogens is 2. The number of allylic oxidation sites excluding steroid dienone is 4. The average Bonchev–Trinajstić information content (AvgIpc) is 3.81. The predicted molar refractivity (Wildman–Crippen MR) is 270 cm³/mol. The molecule has 1 saturated carbocycles. The van der Waals surface area contributed by atoms with Gasteiger partial charge in [0.1, 0.15) is 0 Å². The van der Waals surface area contributed by atoms with Crippen molar-refractivity contribution in [2.75, 3.05) is 0 Å². The molecule has 0 aliphatic heterocycles. The number of benzene rings is 6. The fraction of sp³-hybridized carbons (Fsp3) is 0.328. The third-order valence-corrected chi connectivity index (χ3v) is 29.6. The Kier molecular flexibility index (Phi) is 12.1. The summed E-state index contributed by atoms with van der Waals surface area (Å²) in [4.78, 5) is 0. The Bertz CT molecular complexity index is 2770. The molecule has 6 aromatic carbocycles. The number of rotatable bonds is 6.